The zero-order chi connectivity index (χ0) is 20.1. The van der Waals surface area contributed by atoms with Gasteiger partial charge in [0.1, 0.15) is 0 Å². The molecule has 3 aromatic rings. The van der Waals surface area contributed by atoms with E-state index in [0.29, 0.717) is 0 Å². The minimum absolute atomic E-state index is 0.757. The summed E-state index contributed by atoms with van der Waals surface area (Å²) in [5, 5.41) is 8.58. The van der Waals surface area contributed by atoms with Gasteiger partial charge in [-0.15, -0.1) is 0 Å². The van der Waals surface area contributed by atoms with E-state index in [1.807, 2.05) is 17.1 Å². The minimum Gasteiger partial charge on any atom is -0.346 e. The molecule has 0 unspecified atom stereocenters. The normalized spacial score (nSPS) is 14.7. The summed E-state index contributed by atoms with van der Waals surface area (Å²) in [5.74, 6) is 0. The molecule has 1 aliphatic heterocycles. The maximum atomic E-state index is 5.64. The van der Waals surface area contributed by atoms with E-state index in [2.05, 4.69) is 81.7 Å². The molecule has 29 heavy (non-hydrogen) atoms. The summed E-state index contributed by atoms with van der Waals surface area (Å²) in [4.78, 5) is 4.72. The van der Waals surface area contributed by atoms with Gasteiger partial charge in [-0.1, -0.05) is 60.2 Å². The predicted octanol–water partition coefficient (Wildman–Crippen LogP) is 3.75. The second-order valence-corrected chi connectivity index (χ2v) is 7.98. The SMILES string of the molecule is Cc1ccc(Cn2cc(NC(=S)N3CCN(Cc4ccccc4)CC3)cn2)cc1. The Balaban J connectivity index is 1.26. The Morgan fingerprint density at radius 1 is 0.931 bits per heavy atom. The molecule has 0 spiro atoms. The van der Waals surface area contributed by atoms with Crippen LogP contribution in [0.25, 0.3) is 0 Å². The second-order valence-electron chi connectivity index (χ2n) is 7.59. The summed E-state index contributed by atoms with van der Waals surface area (Å²) in [7, 11) is 0. The van der Waals surface area contributed by atoms with Crippen LogP contribution in [0.2, 0.25) is 0 Å². The van der Waals surface area contributed by atoms with Crippen LogP contribution >= 0.6 is 12.2 Å². The molecule has 6 heteroatoms. The lowest BCUT2D eigenvalue weighted by Gasteiger charge is -2.36. The van der Waals surface area contributed by atoms with Gasteiger partial charge in [-0.2, -0.15) is 5.10 Å². The van der Waals surface area contributed by atoms with Crippen molar-refractivity contribution in [3.05, 3.63) is 83.7 Å². The zero-order valence-electron chi connectivity index (χ0n) is 16.8. The lowest BCUT2D eigenvalue weighted by Crippen LogP contribution is -2.49. The van der Waals surface area contributed by atoms with Crippen molar-refractivity contribution in [2.75, 3.05) is 31.5 Å². The van der Waals surface area contributed by atoms with Gasteiger partial charge in [0.15, 0.2) is 5.11 Å². The van der Waals surface area contributed by atoms with Gasteiger partial charge in [0, 0.05) is 38.9 Å². The fourth-order valence-electron chi connectivity index (χ4n) is 3.55. The van der Waals surface area contributed by atoms with E-state index in [-0.39, 0.29) is 0 Å². The van der Waals surface area contributed by atoms with Gasteiger partial charge in [-0.3, -0.25) is 9.58 Å². The summed E-state index contributed by atoms with van der Waals surface area (Å²) < 4.78 is 1.94. The second kappa shape index (κ2) is 9.20. The van der Waals surface area contributed by atoms with Crippen LogP contribution in [-0.2, 0) is 13.1 Å². The first-order valence-electron chi connectivity index (χ1n) is 10.1. The van der Waals surface area contributed by atoms with Crippen LogP contribution < -0.4 is 5.32 Å². The van der Waals surface area contributed by atoms with Gasteiger partial charge < -0.3 is 10.2 Å². The highest BCUT2D eigenvalue weighted by Crippen LogP contribution is 2.12. The van der Waals surface area contributed by atoms with Crippen molar-refractivity contribution in [2.24, 2.45) is 0 Å². The van der Waals surface area contributed by atoms with Gasteiger partial charge in [0.05, 0.1) is 18.4 Å². The maximum absolute atomic E-state index is 5.64. The molecular formula is C23H27N5S. The van der Waals surface area contributed by atoms with E-state index < -0.39 is 0 Å². The molecule has 150 valence electrons. The van der Waals surface area contributed by atoms with Gasteiger partial charge in [-0.05, 0) is 30.3 Å². The molecule has 0 amide bonds. The quantitative estimate of drug-likeness (QED) is 0.654. The number of aromatic nitrogens is 2. The fraction of sp³-hybridized carbons (Fsp3) is 0.304. The molecule has 1 aliphatic rings. The molecule has 1 saturated heterocycles. The molecule has 1 fully saturated rings. The van der Waals surface area contributed by atoms with E-state index in [4.69, 9.17) is 12.2 Å². The van der Waals surface area contributed by atoms with Gasteiger partial charge >= 0.3 is 0 Å². The summed E-state index contributed by atoms with van der Waals surface area (Å²) in [6.45, 7) is 7.77. The summed E-state index contributed by atoms with van der Waals surface area (Å²) in [6.07, 6.45) is 3.85. The topological polar surface area (TPSA) is 36.3 Å². The standard InChI is InChI=1S/C23H27N5S/c1-19-7-9-21(10-8-19)17-28-18-22(15-24-28)25-23(29)27-13-11-26(12-14-27)16-20-5-3-2-4-6-20/h2-10,15,18H,11-14,16-17H2,1H3,(H,25,29). The molecule has 2 aromatic carbocycles. The third-order valence-corrected chi connectivity index (χ3v) is 5.62. The van der Waals surface area contributed by atoms with E-state index in [9.17, 15) is 0 Å². The van der Waals surface area contributed by atoms with Crippen LogP contribution in [0.5, 0.6) is 0 Å². The third-order valence-electron chi connectivity index (χ3n) is 5.26. The van der Waals surface area contributed by atoms with E-state index in [0.717, 1.165) is 50.1 Å². The molecule has 5 nitrogen and oxygen atoms in total. The first-order valence-corrected chi connectivity index (χ1v) is 10.5. The van der Waals surface area contributed by atoms with E-state index >= 15 is 0 Å². The number of benzene rings is 2. The van der Waals surface area contributed by atoms with Crippen molar-refractivity contribution in [3.8, 4) is 0 Å². The Morgan fingerprint density at radius 2 is 1.62 bits per heavy atom. The van der Waals surface area contributed by atoms with Gasteiger partial charge in [-0.25, -0.2) is 0 Å². The Morgan fingerprint density at radius 3 is 2.34 bits per heavy atom. The van der Waals surface area contributed by atoms with Crippen molar-refractivity contribution < 1.29 is 0 Å². The first-order chi connectivity index (χ1) is 14.2. The molecule has 0 bridgehead atoms. The van der Waals surface area contributed by atoms with Crippen LogP contribution in [-0.4, -0.2) is 50.9 Å². The van der Waals surface area contributed by atoms with Crippen molar-refractivity contribution >= 4 is 23.0 Å². The van der Waals surface area contributed by atoms with Crippen LogP contribution in [0.1, 0.15) is 16.7 Å². The monoisotopic (exact) mass is 405 g/mol. The first kappa shape index (κ1) is 19.6. The molecule has 1 N–H and O–H groups in total. The summed E-state index contributed by atoms with van der Waals surface area (Å²) >= 11 is 5.64. The highest BCUT2D eigenvalue weighted by Gasteiger charge is 2.19. The van der Waals surface area contributed by atoms with Crippen LogP contribution in [0.4, 0.5) is 5.69 Å². The highest BCUT2D eigenvalue weighted by molar-refractivity contribution is 7.80. The number of thiocarbonyl (C=S) groups is 1. The largest absolute Gasteiger partial charge is 0.346 e. The molecule has 0 atom stereocenters. The number of rotatable bonds is 5. The molecule has 4 rings (SSSR count). The molecule has 1 aromatic heterocycles. The number of aryl methyl sites for hydroxylation is 1. The smallest absolute Gasteiger partial charge is 0.173 e. The zero-order valence-corrected chi connectivity index (χ0v) is 17.6. The van der Waals surface area contributed by atoms with Crippen LogP contribution in [0, 0.1) is 6.92 Å². The van der Waals surface area contributed by atoms with E-state index in [1.54, 1.807) is 0 Å². The van der Waals surface area contributed by atoms with Crippen molar-refractivity contribution in [3.63, 3.8) is 0 Å². The van der Waals surface area contributed by atoms with Crippen molar-refractivity contribution in [1.29, 1.82) is 0 Å². The van der Waals surface area contributed by atoms with E-state index in [1.165, 1.54) is 16.7 Å². The summed E-state index contributed by atoms with van der Waals surface area (Å²) in [6, 6.07) is 19.2. The Hall–Kier alpha value is -2.70. The maximum Gasteiger partial charge on any atom is 0.173 e. The third kappa shape index (κ3) is 5.43. The average molecular weight is 406 g/mol. The Kier molecular flexibility index (Phi) is 6.22. The minimum atomic E-state index is 0.757. The number of anilines is 1. The molecule has 0 aliphatic carbocycles. The fourth-order valence-corrected chi connectivity index (χ4v) is 3.85. The lowest BCUT2D eigenvalue weighted by molar-refractivity contribution is 0.177. The number of nitrogens with one attached hydrogen (secondary N) is 1. The average Bonchev–Trinajstić information content (AvgIpc) is 3.18. The van der Waals surface area contributed by atoms with Crippen LogP contribution in [0.15, 0.2) is 67.0 Å². The molecule has 2 heterocycles. The van der Waals surface area contributed by atoms with Crippen LogP contribution in [0.3, 0.4) is 0 Å². The Bertz CT molecular complexity index is 927. The predicted molar refractivity (Wildman–Crippen MR) is 122 cm³/mol. The molecule has 0 saturated carbocycles. The van der Waals surface area contributed by atoms with Crippen molar-refractivity contribution in [2.45, 2.75) is 20.0 Å². The number of nitrogens with zero attached hydrogens (tertiary/aromatic N) is 4. The van der Waals surface area contributed by atoms with Crippen molar-refractivity contribution in [1.82, 2.24) is 19.6 Å². The lowest BCUT2D eigenvalue weighted by atomic mass is 10.1. The Labute approximate surface area is 177 Å². The van der Waals surface area contributed by atoms with Gasteiger partial charge in [0.25, 0.3) is 0 Å². The number of hydrogen-bond acceptors (Lipinski definition) is 3. The molecular weight excluding hydrogens is 378 g/mol. The van der Waals surface area contributed by atoms with Gasteiger partial charge in [0.2, 0.25) is 0 Å². The molecule has 0 radical (unpaired) electrons. The highest BCUT2D eigenvalue weighted by atomic mass is 32.1. The number of hydrogen-bond donors (Lipinski definition) is 1. The summed E-state index contributed by atoms with van der Waals surface area (Å²) in [5.41, 5.74) is 4.81. The number of piperazine rings is 1.